The topological polar surface area (TPSA) is 102 Å². The summed E-state index contributed by atoms with van der Waals surface area (Å²) in [6.07, 6.45) is 0. The molecule has 0 aliphatic carbocycles. The Morgan fingerprint density at radius 2 is 1.67 bits per heavy atom. The van der Waals surface area contributed by atoms with Crippen molar-refractivity contribution in [1.29, 1.82) is 0 Å². The molecule has 0 saturated carbocycles. The largest absolute Gasteiger partial charge is 0.497 e. The first-order valence-corrected chi connectivity index (χ1v) is 8.00. The van der Waals surface area contributed by atoms with E-state index in [9.17, 15) is 17.6 Å². The highest BCUT2D eigenvalue weighted by Crippen LogP contribution is 2.24. The number of carbonyl (C=O) groups is 1. The molecule has 2 N–H and O–H groups in total. The minimum Gasteiger partial charge on any atom is -0.497 e. The van der Waals surface area contributed by atoms with Crippen LogP contribution < -0.4 is 14.8 Å². The van der Waals surface area contributed by atoms with Gasteiger partial charge in [0.2, 0.25) is 0 Å². The molecule has 0 bridgehead atoms. The molecule has 2 aromatic carbocycles. The molecular weight excluding hydrogens is 341 g/mol. The van der Waals surface area contributed by atoms with E-state index in [0.29, 0.717) is 11.5 Å². The molecule has 0 aromatic heterocycles. The number of halogens is 1. The van der Waals surface area contributed by atoms with E-state index in [4.69, 9.17) is 14.0 Å². The standard InChI is InChI=1S/C15H14FNO6S/c1-22-11-5-9(6-12(8-11)23-2)15(18)17-10-3-4-13(16)14(7-10)24(19,20)21/h3-8H,1-2H3,(H,17,18)(H,19,20,21). The first-order valence-electron chi connectivity index (χ1n) is 6.56. The maximum atomic E-state index is 13.4. The summed E-state index contributed by atoms with van der Waals surface area (Å²) < 4.78 is 54.7. The first-order chi connectivity index (χ1) is 11.2. The predicted octanol–water partition coefficient (Wildman–Crippen LogP) is 2.34. The lowest BCUT2D eigenvalue weighted by molar-refractivity contribution is 0.102. The van der Waals surface area contributed by atoms with Crippen molar-refractivity contribution >= 4 is 21.7 Å². The predicted molar refractivity (Wildman–Crippen MR) is 83.7 cm³/mol. The van der Waals surface area contributed by atoms with Crippen LogP contribution in [-0.4, -0.2) is 33.1 Å². The van der Waals surface area contributed by atoms with Gasteiger partial charge in [-0.1, -0.05) is 0 Å². The lowest BCUT2D eigenvalue weighted by atomic mass is 10.2. The van der Waals surface area contributed by atoms with E-state index in [0.717, 1.165) is 12.1 Å². The van der Waals surface area contributed by atoms with E-state index in [-0.39, 0.29) is 11.3 Å². The Balaban J connectivity index is 2.34. The number of amides is 1. The van der Waals surface area contributed by atoms with Crippen molar-refractivity contribution in [2.75, 3.05) is 19.5 Å². The maximum Gasteiger partial charge on any atom is 0.297 e. The van der Waals surface area contributed by atoms with E-state index in [2.05, 4.69) is 5.32 Å². The highest BCUT2D eigenvalue weighted by molar-refractivity contribution is 7.85. The minimum atomic E-state index is -4.74. The van der Waals surface area contributed by atoms with Crippen molar-refractivity contribution in [2.24, 2.45) is 0 Å². The van der Waals surface area contributed by atoms with Gasteiger partial charge in [0.1, 0.15) is 22.2 Å². The Labute approximate surface area is 137 Å². The molecule has 24 heavy (non-hydrogen) atoms. The van der Waals surface area contributed by atoms with Crippen LogP contribution in [0.25, 0.3) is 0 Å². The SMILES string of the molecule is COc1cc(OC)cc(C(=O)Nc2ccc(F)c(S(=O)(=O)O)c2)c1. The number of methoxy groups -OCH3 is 2. The third-order valence-corrected chi connectivity index (χ3v) is 3.95. The molecular formula is C15H14FNO6S. The van der Waals surface area contributed by atoms with E-state index in [1.807, 2.05) is 0 Å². The molecule has 0 heterocycles. The molecule has 0 aliphatic rings. The zero-order valence-electron chi connectivity index (χ0n) is 12.7. The second-order valence-corrected chi connectivity index (χ2v) is 6.07. The van der Waals surface area contributed by atoms with E-state index >= 15 is 0 Å². The molecule has 0 unspecified atom stereocenters. The van der Waals surface area contributed by atoms with E-state index < -0.39 is 26.7 Å². The highest BCUT2D eigenvalue weighted by atomic mass is 32.2. The van der Waals surface area contributed by atoms with Gasteiger partial charge in [0.05, 0.1) is 14.2 Å². The van der Waals surface area contributed by atoms with Gasteiger partial charge in [-0.3, -0.25) is 9.35 Å². The lowest BCUT2D eigenvalue weighted by Gasteiger charge is -2.10. The van der Waals surface area contributed by atoms with Crippen LogP contribution in [0.4, 0.5) is 10.1 Å². The van der Waals surface area contributed by atoms with Gasteiger partial charge in [0.25, 0.3) is 16.0 Å². The second kappa shape index (κ2) is 6.85. The van der Waals surface area contributed by atoms with Gasteiger partial charge in [-0.15, -0.1) is 0 Å². The summed E-state index contributed by atoms with van der Waals surface area (Å²) in [6.45, 7) is 0. The number of benzene rings is 2. The fraction of sp³-hybridized carbons (Fsp3) is 0.133. The summed E-state index contributed by atoms with van der Waals surface area (Å²) >= 11 is 0. The van der Waals surface area contributed by atoms with Crippen LogP contribution in [0.15, 0.2) is 41.3 Å². The average Bonchev–Trinajstić information content (AvgIpc) is 2.54. The van der Waals surface area contributed by atoms with E-state index in [1.165, 1.54) is 32.4 Å². The second-order valence-electron chi connectivity index (χ2n) is 4.68. The number of carbonyl (C=O) groups excluding carboxylic acids is 1. The Morgan fingerprint density at radius 1 is 1.08 bits per heavy atom. The van der Waals surface area contributed by atoms with Crippen molar-refractivity contribution in [3.05, 3.63) is 47.8 Å². The van der Waals surface area contributed by atoms with Gasteiger partial charge in [-0.2, -0.15) is 8.42 Å². The van der Waals surface area contributed by atoms with Crippen molar-refractivity contribution < 1.29 is 31.6 Å². The van der Waals surface area contributed by atoms with Crippen molar-refractivity contribution in [1.82, 2.24) is 0 Å². The fourth-order valence-corrected chi connectivity index (χ4v) is 2.51. The molecule has 7 nitrogen and oxygen atoms in total. The summed E-state index contributed by atoms with van der Waals surface area (Å²) in [7, 11) is -1.89. The lowest BCUT2D eigenvalue weighted by Crippen LogP contribution is -2.13. The number of ether oxygens (including phenoxy) is 2. The number of hydrogen-bond acceptors (Lipinski definition) is 5. The number of nitrogens with one attached hydrogen (secondary N) is 1. The van der Waals surface area contributed by atoms with Crippen LogP contribution in [-0.2, 0) is 10.1 Å². The Kier molecular flexibility index (Phi) is 5.05. The van der Waals surface area contributed by atoms with Crippen LogP contribution in [0, 0.1) is 5.82 Å². The zero-order chi connectivity index (χ0) is 17.9. The number of anilines is 1. The van der Waals surface area contributed by atoms with Crippen molar-refractivity contribution in [2.45, 2.75) is 4.90 Å². The molecule has 128 valence electrons. The Bertz CT molecular complexity index is 859. The van der Waals surface area contributed by atoms with Crippen molar-refractivity contribution in [3.63, 3.8) is 0 Å². The molecule has 2 aromatic rings. The van der Waals surface area contributed by atoms with Gasteiger partial charge in [0.15, 0.2) is 0 Å². The van der Waals surface area contributed by atoms with Gasteiger partial charge in [-0.05, 0) is 30.3 Å². The number of hydrogen-bond donors (Lipinski definition) is 2. The molecule has 0 spiro atoms. The third-order valence-electron chi connectivity index (χ3n) is 3.08. The normalized spacial score (nSPS) is 11.0. The van der Waals surface area contributed by atoms with Crippen molar-refractivity contribution in [3.8, 4) is 11.5 Å². The smallest absolute Gasteiger partial charge is 0.297 e. The van der Waals surface area contributed by atoms with Gasteiger partial charge in [0, 0.05) is 17.3 Å². The molecule has 0 fully saturated rings. The zero-order valence-corrected chi connectivity index (χ0v) is 13.6. The molecule has 0 atom stereocenters. The van der Waals surface area contributed by atoms with Crippen LogP contribution in [0.2, 0.25) is 0 Å². The monoisotopic (exact) mass is 355 g/mol. The average molecular weight is 355 g/mol. The van der Waals surface area contributed by atoms with Gasteiger partial charge >= 0.3 is 0 Å². The Hall–Kier alpha value is -2.65. The highest BCUT2D eigenvalue weighted by Gasteiger charge is 2.18. The Morgan fingerprint density at radius 3 is 2.17 bits per heavy atom. The van der Waals surface area contributed by atoms with Gasteiger partial charge in [-0.25, -0.2) is 4.39 Å². The molecule has 9 heteroatoms. The molecule has 0 aliphatic heterocycles. The summed E-state index contributed by atoms with van der Waals surface area (Å²) in [4.78, 5) is 11.3. The minimum absolute atomic E-state index is 0.00388. The summed E-state index contributed by atoms with van der Waals surface area (Å²) in [5.74, 6) is -0.951. The van der Waals surface area contributed by atoms with Crippen LogP contribution in [0.3, 0.4) is 0 Å². The summed E-state index contributed by atoms with van der Waals surface area (Å²) in [5.41, 5.74) is 0.180. The molecule has 2 rings (SSSR count). The maximum absolute atomic E-state index is 13.4. The molecule has 1 amide bonds. The fourth-order valence-electron chi connectivity index (χ4n) is 1.92. The van der Waals surface area contributed by atoms with E-state index in [1.54, 1.807) is 6.07 Å². The van der Waals surface area contributed by atoms with Crippen LogP contribution in [0.1, 0.15) is 10.4 Å². The van der Waals surface area contributed by atoms with Crippen LogP contribution in [0.5, 0.6) is 11.5 Å². The third kappa shape index (κ3) is 4.00. The number of rotatable bonds is 5. The summed E-state index contributed by atoms with van der Waals surface area (Å²) in [5, 5.41) is 2.41. The molecule has 0 saturated heterocycles. The van der Waals surface area contributed by atoms with Crippen LogP contribution >= 0.6 is 0 Å². The quantitative estimate of drug-likeness (QED) is 0.798. The van der Waals surface area contributed by atoms with Gasteiger partial charge < -0.3 is 14.8 Å². The molecule has 0 radical (unpaired) electrons. The summed E-state index contributed by atoms with van der Waals surface area (Å²) in [6, 6.07) is 7.28. The first kappa shape index (κ1) is 17.7.